The van der Waals surface area contributed by atoms with Crippen LogP contribution in [-0.4, -0.2) is 20.6 Å². The van der Waals surface area contributed by atoms with Crippen molar-refractivity contribution in [2.24, 2.45) is 0 Å². The van der Waals surface area contributed by atoms with E-state index in [1.54, 1.807) is 0 Å². The third kappa shape index (κ3) is 3.53. The van der Waals surface area contributed by atoms with Gasteiger partial charge in [0.05, 0.1) is 6.04 Å². The third-order valence-corrected chi connectivity index (χ3v) is 8.01. The predicted octanol–water partition coefficient (Wildman–Crippen LogP) is 8.48. The van der Waals surface area contributed by atoms with Crippen LogP contribution in [0.1, 0.15) is 11.5 Å². The van der Waals surface area contributed by atoms with Crippen LogP contribution in [0.15, 0.2) is 146 Å². The Morgan fingerprint density at radius 1 is 0.600 bits per heavy atom. The number of pyridine rings is 1. The summed E-state index contributed by atoms with van der Waals surface area (Å²) in [4.78, 5) is 12.2. The zero-order valence-electron chi connectivity index (χ0n) is 21.8. The molecule has 6 aromatic rings. The summed E-state index contributed by atoms with van der Waals surface area (Å²) in [6.45, 7) is 0. The first-order valence-corrected chi connectivity index (χ1v) is 13.7. The van der Waals surface area contributed by atoms with Gasteiger partial charge in [-0.2, -0.15) is 0 Å². The van der Waals surface area contributed by atoms with Crippen LogP contribution >= 0.6 is 0 Å². The molecule has 8 rings (SSSR count). The lowest BCUT2D eigenvalue weighted by Gasteiger charge is -2.36. The third-order valence-electron chi connectivity index (χ3n) is 8.01. The lowest BCUT2D eigenvalue weighted by molar-refractivity contribution is 0.697. The van der Waals surface area contributed by atoms with Crippen molar-refractivity contribution in [1.29, 1.82) is 0 Å². The Morgan fingerprint density at radius 2 is 1.35 bits per heavy atom. The summed E-state index contributed by atoms with van der Waals surface area (Å²) in [5, 5.41) is 0. The lowest BCUT2D eigenvalue weighted by Crippen LogP contribution is -2.34. The van der Waals surface area contributed by atoms with Gasteiger partial charge in [0.2, 0.25) is 0 Å². The lowest BCUT2D eigenvalue weighted by atomic mass is 9.85. The van der Waals surface area contributed by atoms with Crippen molar-refractivity contribution in [2.75, 3.05) is 4.90 Å². The SMILES string of the molecule is C1=CC2c3ccccc3-c3ccccc3N(c3ccc(-c4nc5cccnc5n4-c4ccccc4)cc3)C2C=C1. The van der Waals surface area contributed by atoms with Crippen LogP contribution in [0.2, 0.25) is 0 Å². The second-order valence-corrected chi connectivity index (χ2v) is 10.3. The number of fused-ring (bicyclic) bond motifs is 6. The van der Waals surface area contributed by atoms with Gasteiger partial charge in [-0.3, -0.25) is 4.57 Å². The smallest absolute Gasteiger partial charge is 0.164 e. The fourth-order valence-corrected chi connectivity index (χ4v) is 6.24. The van der Waals surface area contributed by atoms with E-state index in [-0.39, 0.29) is 12.0 Å². The number of hydrogen-bond acceptors (Lipinski definition) is 3. The van der Waals surface area contributed by atoms with E-state index in [1.165, 1.54) is 22.4 Å². The van der Waals surface area contributed by atoms with Gasteiger partial charge in [-0.1, -0.05) is 85.0 Å². The number of allylic oxidation sites excluding steroid dienone is 2. The zero-order valence-corrected chi connectivity index (χ0v) is 21.8. The van der Waals surface area contributed by atoms with Crippen molar-refractivity contribution < 1.29 is 0 Å². The Labute approximate surface area is 233 Å². The Morgan fingerprint density at radius 3 is 2.23 bits per heavy atom. The van der Waals surface area contributed by atoms with E-state index in [4.69, 9.17) is 4.98 Å². The molecule has 0 spiro atoms. The van der Waals surface area contributed by atoms with Crippen molar-refractivity contribution in [1.82, 2.24) is 14.5 Å². The van der Waals surface area contributed by atoms with Gasteiger partial charge in [0, 0.05) is 40.3 Å². The van der Waals surface area contributed by atoms with Crippen LogP contribution in [0.3, 0.4) is 0 Å². The number of anilines is 2. The summed E-state index contributed by atoms with van der Waals surface area (Å²) in [5.74, 6) is 1.13. The van der Waals surface area contributed by atoms with Gasteiger partial charge in [-0.05, 0) is 65.7 Å². The summed E-state index contributed by atoms with van der Waals surface area (Å²) in [7, 11) is 0. The van der Waals surface area contributed by atoms with E-state index >= 15 is 0 Å². The van der Waals surface area contributed by atoms with Gasteiger partial charge >= 0.3 is 0 Å². The van der Waals surface area contributed by atoms with Crippen molar-refractivity contribution in [2.45, 2.75) is 12.0 Å². The first kappa shape index (κ1) is 22.7. The molecule has 2 atom stereocenters. The van der Waals surface area contributed by atoms with E-state index in [1.807, 2.05) is 36.5 Å². The monoisotopic (exact) mass is 514 g/mol. The normalized spacial score (nSPS) is 17.2. The largest absolute Gasteiger partial charge is 0.333 e. The van der Waals surface area contributed by atoms with Crippen LogP contribution in [0.4, 0.5) is 11.4 Å². The van der Waals surface area contributed by atoms with Crippen LogP contribution < -0.4 is 4.90 Å². The Balaban J connectivity index is 1.28. The average Bonchev–Trinajstić information content (AvgIpc) is 3.37. The van der Waals surface area contributed by atoms with Crippen molar-refractivity contribution >= 4 is 22.5 Å². The van der Waals surface area contributed by atoms with Gasteiger partial charge in [-0.25, -0.2) is 9.97 Å². The van der Waals surface area contributed by atoms with E-state index in [0.29, 0.717) is 0 Å². The summed E-state index contributed by atoms with van der Waals surface area (Å²) in [6.07, 6.45) is 10.9. The van der Waals surface area contributed by atoms with Crippen molar-refractivity contribution in [3.63, 3.8) is 0 Å². The minimum absolute atomic E-state index is 0.166. The topological polar surface area (TPSA) is 34.0 Å². The first-order chi connectivity index (χ1) is 19.9. The summed E-state index contributed by atoms with van der Waals surface area (Å²) < 4.78 is 2.15. The van der Waals surface area contributed by atoms with Crippen molar-refractivity contribution in [3.05, 3.63) is 151 Å². The number of hydrogen-bond donors (Lipinski definition) is 0. The first-order valence-electron chi connectivity index (χ1n) is 13.7. The molecule has 2 aromatic heterocycles. The van der Waals surface area contributed by atoms with Crippen LogP contribution in [0.25, 0.3) is 39.4 Å². The highest BCUT2D eigenvalue weighted by atomic mass is 15.2. The fourth-order valence-electron chi connectivity index (χ4n) is 6.24. The molecule has 0 saturated heterocycles. The molecule has 40 heavy (non-hydrogen) atoms. The molecule has 1 aliphatic carbocycles. The molecule has 0 radical (unpaired) electrons. The molecule has 0 bridgehead atoms. The molecular formula is C36H26N4. The molecule has 1 aliphatic heterocycles. The molecule has 0 amide bonds. The van der Waals surface area contributed by atoms with Crippen LogP contribution in [0, 0.1) is 0 Å². The molecule has 0 fully saturated rings. The van der Waals surface area contributed by atoms with Crippen LogP contribution in [0.5, 0.6) is 0 Å². The molecule has 4 nitrogen and oxygen atoms in total. The summed E-state index contributed by atoms with van der Waals surface area (Å²) in [5.41, 5.74) is 10.1. The minimum Gasteiger partial charge on any atom is -0.333 e. The number of nitrogens with zero attached hydrogens (tertiary/aromatic N) is 4. The molecule has 4 heteroatoms. The van der Waals surface area contributed by atoms with E-state index in [0.717, 1.165) is 33.9 Å². The molecule has 3 heterocycles. The molecule has 190 valence electrons. The fraction of sp³-hybridized carbons (Fsp3) is 0.0556. The van der Waals surface area contributed by atoms with E-state index in [9.17, 15) is 0 Å². The average molecular weight is 515 g/mol. The highest BCUT2D eigenvalue weighted by Gasteiger charge is 2.34. The number of aromatic nitrogens is 3. The Hall–Kier alpha value is -5.22. The molecular weight excluding hydrogens is 488 g/mol. The van der Waals surface area contributed by atoms with Crippen LogP contribution in [-0.2, 0) is 0 Å². The maximum atomic E-state index is 5.01. The number of imidazole rings is 1. The quantitative estimate of drug-likeness (QED) is 0.237. The van der Waals surface area contributed by atoms with Gasteiger partial charge in [-0.15, -0.1) is 0 Å². The second kappa shape index (κ2) is 9.21. The zero-order chi connectivity index (χ0) is 26.5. The van der Waals surface area contributed by atoms with Gasteiger partial charge < -0.3 is 4.90 Å². The van der Waals surface area contributed by atoms with Gasteiger partial charge in [0.15, 0.2) is 5.65 Å². The Bertz CT molecular complexity index is 1910. The maximum absolute atomic E-state index is 5.01. The highest BCUT2D eigenvalue weighted by molar-refractivity contribution is 5.88. The van der Waals surface area contributed by atoms with E-state index in [2.05, 4.69) is 124 Å². The standard InChI is InChI=1S/C36H26N4/c1-2-11-26(12-3-1)40-35(38-32-17-10-24-37-36(32)40)25-20-22-27(23-21-25)39-33-18-8-6-15-30(33)28-13-4-5-14-29(28)31-16-7-9-19-34(31)39/h1-24,30,33H. The molecule has 0 saturated carbocycles. The van der Waals surface area contributed by atoms with Gasteiger partial charge in [0.1, 0.15) is 11.3 Å². The maximum Gasteiger partial charge on any atom is 0.164 e. The molecule has 2 unspecified atom stereocenters. The minimum atomic E-state index is 0.166. The van der Waals surface area contributed by atoms with Crippen molar-refractivity contribution in [3.8, 4) is 28.2 Å². The predicted molar refractivity (Wildman–Crippen MR) is 163 cm³/mol. The summed E-state index contributed by atoms with van der Waals surface area (Å²) >= 11 is 0. The molecule has 0 N–H and O–H groups in total. The number of benzene rings is 4. The number of rotatable bonds is 3. The highest BCUT2D eigenvalue weighted by Crippen LogP contribution is 2.47. The summed E-state index contributed by atoms with van der Waals surface area (Å²) in [6, 6.07) is 40.9. The second-order valence-electron chi connectivity index (χ2n) is 10.3. The van der Waals surface area contributed by atoms with Gasteiger partial charge in [0.25, 0.3) is 0 Å². The van der Waals surface area contributed by atoms with E-state index < -0.39 is 0 Å². The Kier molecular flexibility index (Phi) is 5.23. The molecule has 2 aliphatic rings. The molecule has 4 aromatic carbocycles. The number of para-hydroxylation sites is 2.